The Hall–Kier alpha value is -2.20. The molecule has 4 nitrogen and oxygen atoms in total. The summed E-state index contributed by atoms with van der Waals surface area (Å²) in [7, 11) is 0. The SMILES string of the molecule is NCCn1cc(-c2ccc3ccccc3c2)nn1. The highest BCUT2D eigenvalue weighted by Gasteiger charge is 2.04. The number of aromatic nitrogens is 3. The quantitative estimate of drug-likeness (QED) is 0.759. The zero-order chi connectivity index (χ0) is 12.4. The summed E-state index contributed by atoms with van der Waals surface area (Å²) < 4.78 is 1.77. The molecule has 0 aliphatic rings. The van der Waals surface area contributed by atoms with E-state index in [2.05, 4.69) is 40.6 Å². The number of hydrogen-bond donors (Lipinski definition) is 1. The molecule has 0 aliphatic heterocycles. The van der Waals surface area contributed by atoms with E-state index in [4.69, 9.17) is 5.73 Å². The van der Waals surface area contributed by atoms with Crippen molar-refractivity contribution in [1.82, 2.24) is 15.0 Å². The summed E-state index contributed by atoms with van der Waals surface area (Å²) in [5.41, 5.74) is 7.46. The van der Waals surface area contributed by atoms with E-state index in [-0.39, 0.29) is 0 Å². The first kappa shape index (κ1) is 10.9. The predicted molar refractivity (Wildman–Crippen MR) is 72.0 cm³/mol. The summed E-state index contributed by atoms with van der Waals surface area (Å²) in [4.78, 5) is 0. The van der Waals surface area contributed by atoms with Gasteiger partial charge in [-0.15, -0.1) is 5.10 Å². The molecule has 18 heavy (non-hydrogen) atoms. The number of nitrogens with two attached hydrogens (primary N) is 1. The lowest BCUT2D eigenvalue weighted by atomic mass is 10.1. The topological polar surface area (TPSA) is 56.7 Å². The summed E-state index contributed by atoms with van der Waals surface area (Å²) in [6.07, 6.45) is 1.93. The van der Waals surface area contributed by atoms with Crippen LogP contribution in [0.4, 0.5) is 0 Å². The number of fused-ring (bicyclic) bond motifs is 1. The van der Waals surface area contributed by atoms with Crippen molar-refractivity contribution >= 4 is 10.8 Å². The minimum Gasteiger partial charge on any atom is -0.329 e. The van der Waals surface area contributed by atoms with Crippen molar-refractivity contribution < 1.29 is 0 Å². The zero-order valence-electron chi connectivity index (χ0n) is 9.95. The zero-order valence-corrected chi connectivity index (χ0v) is 9.95. The van der Waals surface area contributed by atoms with Gasteiger partial charge in [0.05, 0.1) is 12.7 Å². The Kier molecular flexibility index (Phi) is 2.78. The number of nitrogens with zero attached hydrogens (tertiary/aromatic N) is 3. The van der Waals surface area contributed by atoms with E-state index in [1.165, 1.54) is 10.8 Å². The monoisotopic (exact) mass is 238 g/mol. The van der Waals surface area contributed by atoms with Crippen molar-refractivity contribution in [2.24, 2.45) is 5.73 Å². The highest BCUT2D eigenvalue weighted by atomic mass is 15.4. The van der Waals surface area contributed by atoms with Gasteiger partial charge in [-0.1, -0.05) is 41.6 Å². The Morgan fingerprint density at radius 1 is 1.06 bits per heavy atom. The molecule has 2 aromatic carbocycles. The highest BCUT2D eigenvalue weighted by molar-refractivity contribution is 5.86. The molecule has 0 saturated heterocycles. The Morgan fingerprint density at radius 2 is 1.89 bits per heavy atom. The van der Waals surface area contributed by atoms with Crippen LogP contribution >= 0.6 is 0 Å². The van der Waals surface area contributed by atoms with Crippen LogP contribution in [0.15, 0.2) is 48.7 Å². The maximum Gasteiger partial charge on any atom is 0.113 e. The third-order valence-corrected chi connectivity index (χ3v) is 2.94. The van der Waals surface area contributed by atoms with Crippen molar-refractivity contribution in [1.29, 1.82) is 0 Å². The van der Waals surface area contributed by atoms with Crippen molar-refractivity contribution in [3.8, 4) is 11.3 Å². The Balaban J connectivity index is 2.02. The third kappa shape index (κ3) is 1.98. The van der Waals surface area contributed by atoms with Crippen molar-refractivity contribution in [2.45, 2.75) is 6.54 Å². The second kappa shape index (κ2) is 4.58. The molecule has 0 atom stereocenters. The fourth-order valence-electron chi connectivity index (χ4n) is 2.02. The van der Waals surface area contributed by atoms with Gasteiger partial charge in [-0.05, 0) is 16.8 Å². The highest BCUT2D eigenvalue weighted by Crippen LogP contribution is 2.22. The van der Waals surface area contributed by atoms with E-state index in [1.807, 2.05) is 18.3 Å². The van der Waals surface area contributed by atoms with E-state index in [0.717, 1.165) is 11.3 Å². The van der Waals surface area contributed by atoms with Crippen LogP contribution in [0.1, 0.15) is 0 Å². The predicted octanol–water partition coefficient (Wildman–Crippen LogP) is 2.06. The van der Waals surface area contributed by atoms with Crippen LogP contribution < -0.4 is 5.73 Å². The van der Waals surface area contributed by atoms with E-state index in [0.29, 0.717) is 13.1 Å². The first-order valence-corrected chi connectivity index (χ1v) is 5.96. The summed E-state index contributed by atoms with van der Waals surface area (Å²) >= 11 is 0. The van der Waals surface area contributed by atoms with Gasteiger partial charge < -0.3 is 5.73 Å². The summed E-state index contributed by atoms with van der Waals surface area (Å²) in [5, 5.41) is 10.7. The van der Waals surface area contributed by atoms with E-state index in [9.17, 15) is 0 Å². The summed E-state index contributed by atoms with van der Waals surface area (Å²) in [6.45, 7) is 1.26. The molecule has 1 aromatic heterocycles. The fourth-order valence-corrected chi connectivity index (χ4v) is 2.02. The van der Waals surface area contributed by atoms with E-state index < -0.39 is 0 Å². The van der Waals surface area contributed by atoms with Gasteiger partial charge in [0.15, 0.2) is 0 Å². The second-order valence-electron chi connectivity index (χ2n) is 4.22. The van der Waals surface area contributed by atoms with Crippen LogP contribution in [0.3, 0.4) is 0 Å². The minimum absolute atomic E-state index is 0.570. The van der Waals surface area contributed by atoms with Crippen LogP contribution in [-0.4, -0.2) is 21.5 Å². The van der Waals surface area contributed by atoms with Gasteiger partial charge in [0.25, 0.3) is 0 Å². The average molecular weight is 238 g/mol. The molecular formula is C14H14N4. The number of benzene rings is 2. The van der Waals surface area contributed by atoms with E-state index in [1.54, 1.807) is 4.68 Å². The first-order valence-electron chi connectivity index (χ1n) is 5.96. The maximum atomic E-state index is 5.49. The Bertz CT molecular complexity index is 672. The molecule has 0 amide bonds. The molecule has 3 aromatic rings. The number of rotatable bonds is 3. The molecule has 2 N–H and O–H groups in total. The van der Waals surface area contributed by atoms with Crippen LogP contribution in [0.5, 0.6) is 0 Å². The fraction of sp³-hybridized carbons (Fsp3) is 0.143. The van der Waals surface area contributed by atoms with Crippen molar-refractivity contribution in [3.05, 3.63) is 48.7 Å². The molecule has 0 unspecified atom stereocenters. The molecule has 90 valence electrons. The lowest BCUT2D eigenvalue weighted by Crippen LogP contribution is -2.10. The largest absolute Gasteiger partial charge is 0.329 e. The van der Waals surface area contributed by atoms with Gasteiger partial charge >= 0.3 is 0 Å². The summed E-state index contributed by atoms with van der Waals surface area (Å²) in [6, 6.07) is 14.6. The molecule has 0 fully saturated rings. The van der Waals surface area contributed by atoms with Crippen LogP contribution in [0, 0.1) is 0 Å². The average Bonchev–Trinajstić information content (AvgIpc) is 2.87. The lowest BCUT2D eigenvalue weighted by Gasteiger charge is -2.00. The Morgan fingerprint density at radius 3 is 2.72 bits per heavy atom. The molecule has 1 heterocycles. The van der Waals surface area contributed by atoms with Gasteiger partial charge in [-0.25, -0.2) is 0 Å². The van der Waals surface area contributed by atoms with Gasteiger partial charge in [0, 0.05) is 12.1 Å². The molecule has 0 bridgehead atoms. The molecule has 0 radical (unpaired) electrons. The van der Waals surface area contributed by atoms with Crippen molar-refractivity contribution in [2.75, 3.05) is 6.54 Å². The minimum atomic E-state index is 0.570. The molecule has 0 saturated carbocycles. The van der Waals surface area contributed by atoms with Crippen LogP contribution in [0.25, 0.3) is 22.0 Å². The van der Waals surface area contributed by atoms with Gasteiger partial charge in [0.1, 0.15) is 5.69 Å². The molecular weight excluding hydrogens is 224 g/mol. The maximum absolute atomic E-state index is 5.49. The van der Waals surface area contributed by atoms with E-state index >= 15 is 0 Å². The van der Waals surface area contributed by atoms with Gasteiger partial charge in [-0.3, -0.25) is 4.68 Å². The first-order chi connectivity index (χ1) is 8.86. The molecule has 3 rings (SSSR count). The van der Waals surface area contributed by atoms with Crippen molar-refractivity contribution in [3.63, 3.8) is 0 Å². The van der Waals surface area contributed by atoms with Crippen LogP contribution in [-0.2, 0) is 6.54 Å². The smallest absolute Gasteiger partial charge is 0.113 e. The lowest BCUT2D eigenvalue weighted by molar-refractivity contribution is 0.598. The molecule has 4 heteroatoms. The van der Waals surface area contributed by atoms with Crippen LogP contribution in [0.2, 0.25) is 0 Å². The molecule has 0 aliphatic carbocycles. The Labute approximate surface area is 105 Å². The van der Waals surface area contributed by atoms with Gasteiger partial charge in [-0.2, -0.15) is 0 Å². The number of hydrogen-bond acceptors (Lipinski definition) is 3. The van der Waals surface area contributed by atoms with Gasteiger partial charge in [0.2, 0.25) is 0 Å². The second-order valence-corrected chi connectivity index (χ2v) is 4.22. The third-order valence-electron chi connectivity index (χ3n) is 2.94. The summed E-state index contributed by atoms with van der Waals surface area (Å²) in [5.74, 6) is 0. The molecule has 0 spiro atoms. The normalized spacial score (nSPS) is 10.9. The standard InChI is InChI=1S/C14H14N4/c15-7-8-18-10-14(16-17-18)13-6-5-11-3-1-2-4-12(11)9-13/h1-6,9-10H,7-8,15H2.